The lowest BCUT2D eigenvalue weighted by atomic mass is 10.0. The minimum absolute atomic E-state index is 0.160. The zero-order valence-corrected chi connectivity index (χ0v) is 18.5. The van der Waals surface area contributed by atoms with Crippen LogP contribution in [0.25, 0.3) is 0 Å². The fraction of sp³-hybridized carbons (Fsp3) is 0.520. The molecule has 0 saturated carbocycles. The molecule has 1 heterocycles. The zero-order valence-electron chi connectivity index (χ0n) is 18.5. The van der Waals surface area contributed by atoms with Crippen molar-refractivity contribution in [3.05, 3.63) is 65.5 Å². The van der Waals surface area contributed by atoms with E-state index in [0.717, 1.165) is 56.9 Å². The molecule has 5 heteroatoms. The fourth-order valence-electron chi connectivity index (χ4n) is 3.76. The van der Waals surface area contributed by atoms with Crippen LogP contribution < -0.4 is 15.4 Å². The van der Waals surface area contributed by atoms with Gasteiger partial charge in [-0.25, -0.2) is 4.39 Å². The van der Waals surface area contributed by atoms with E-state index in [1.54, 1.807) is 12.1 Å². The molecule has 0 radical (unpaired) electrons. The number of hydrogen-bond acceptors (Lipinski definition) is 4. The van der Waals surface area contributed by atoms with Crippen LogP contribution in [0.1, 0.15) is 43.9 Å². The van der Waals surface area contributed by atoms with Gasteiger partial charge in [-0.1, -0.05) is 38.1 Å². The van der Waals surface area contributed by atoms with E-state index in [-0.39, 0.29) is 11.9 Å². The normalized spacial score (nSPS) is 16.7. The summed E-state index contributed by atoms with van der Waals surface area (Å²) >= 11 is 0. The van der Waals surface area contributed by atoms with Crippen molar-refractivity contribution in [2.45, 2.75) is 45.3 Å². The van der Waals surface area contributed by atoms with Crippen LogP contribution in [-0.4, -0.2) is 44.2 Å². The summed E-state index contributed by atoms with van der Waals surface area (Å²) in [5.74, 6) is 1.25. The van der Waals surface area contributed by atoms with Gasteiger partial charge in [0.25, 0.3) is 0 Å². The number of ether oxygens (including phenoxy) is 1. The van der Waals surface area contributed by atoms with Crippen molar-refractivity contribution in [1.29, 1.82) is 0 Å². The third-order valence-corrected chi connectivity index (χ3v) is 5.61. The Kier molecular flexibility index (Phi) is 8.67. The SMILES string of the molecule is CC(C)COc1ccc(CNCC(NC2CCN(C)CC2)c2ccc(F)cc2)cc1. The second kappa shape index (κ2) is 11.4. The number of benzene rings is 2. The van der Waals surface area contributed by atoms with E-state index >= 15 is 0 Å². The predicted octanol–water partition coefficient (Wildman–Crippen LogP) is 4.38. The lowest BCUT2D eigenvalue weighted by Crippen LogP contribution is -2.44. The summed E-state index contributed by atoms with van der Waals surface area (Å²) in [6.07, 6.45) is 2.29. The maximum Gasteiger partial charge on any atom is 0.123 e. The summed E-state index contributed by atoms with van der Waals surface area (Å²) in [7, 11) is 2.17. The number of halogens is 1. The highest BCUT2D eigenvalue weighted by Gasteiger charge is 2.21. The molecule has 0 spiro atoms. The number of likely N-dealkylation sites (tertiary alicyclic amines) is 1. The van der Waals surface area contributed by atoms with Crippen molar-refractivity contribution >= 4 is 0 Å². The molecule has 1 aliphatic rings. The molecule has 0 aromatic heterocycles. The average molecular weight is 414 g/mol. The fourth-order valence-corrected chi connectivity index (χ4v) is 3.76. The topological polar surface area (TPSA) is 36.5 Å². The smallest absolute Gasteiger partial charge is 0.123 e. The first-order chi connectivity index (χ1) is 14.5. The summed E-state index contributed by atoms with van der Waals surface area (Å²) in [5.41, 5.74) is 2.35. The van der Waals surface area contributed by atoms with Crippen molar-refractivity contribution < 1.29 is 9.13 Å². The van der Waals surface area contributed by atoms with Crippen LogP contribution in [0.15, 0.2) is 48.5 Å². The molecular formula is C25H36FN3O. The molecule has 4 nitrogen and oxygen atoms in total. The summed E-state index contributed by atoms with van der Waals surface area (Å²) in [6.45, 7) is 8.85. The van der Waals surface area contributed by atoms with Crippen LogP contribution in [0.4, 0.5) is 4.39 Å². The van der Waals surface area contributed by atoms with E-state index in [4.69, 9.17) is 4.74 Å². The molecule has 1 aliphatic heterocycles. The molecule has 2 aromatic carbocycles. The van der Waals surface area contributed by atoms with Crippen LogP contribution in [0.5, 0.6) is 5.75 Å². The van der Waals surface area contributed by atoms with Gasteiger partial charge in [0, 0.05) is 25.2 Å². The summed E-state index contributed by atoms with van der Waals surface area (Å²) in [6, 6.07) is 15.8. The minimum atomic E-state index is -0.190. The Bertz CT molecular complexity index is 740. The van der Waals surface area contributed by atoms with Crippen molar-refractivity contribution in [2.24, 2.45) is 5.92 Å². The van der Waals surface area contributed by atoms with Crippen LogP contribution in [0, 0.1) is 11.7 Å². The third-order valence-electron chi connectivity index (χ3n) is 5.61. The molecule has 2 N–H and O–H groups in total. The Labute approximate surface area is 180 Å². The van der Waals surface area contributed by atoms with E-state index in [2.05, 4.69) is 48.6 Å². The lowest BCUT2D eigenvalue weighted by Gasteiger charge is -2.33. The van der Waals surface area contributed by atoms with Gasteiger partial charge in [-0.2, -0.15) is 0 Å². The zero-order chi connectivity index (χ0) is 21.3. The average Bonchev–Trinajstić information content (AvgIpc) is 2.74. The Balaban J connectivity index is 1.54. The molecule has 1 atom stereocenters. The number of rotatable bonds is 10. The molecule has 0 amide bonds. The minimum Gasteiger partial charge on any atom is -0.493 e. The first-order valence-corrected chi connectivity index (χ1v) is 11.1. The number of nitrogens with zero attached hydrogens (tertiary/aromatic N) is 1. The van der Waals surface area contributed by atoms with Crippen molar-refractivity contribution in [3.8, 4) is 5.75 Å². The van der Waals surface area contributed by atoms with Gasteiger partial charge in [0.2, 0.25) is 0 Å². The Morgan fingerprint density at radius 3 is 2.33 bits per heavy atom. The van der Waals surface area contributed by atoms with E-state index in [9.17, 15) is 4.39 Å². The molecule has 0 bridgehead atoms. The molecule has 164 valence electrons. The molecule has 1 unspecified atom stereocenters. The highest BCUT2D eigenvalue weighted by molar-refractivity contribution is 5.27. The highest BCUT2D eigenvalue weighted by atomic mass is 19.1. The highest BCUT2D eigenvalue weighted by Crippen LogP contribution is 2.18. The molecule has 1 saturated heterocycles. The van der Waals surface area contributed by atoms with Gasteiger partial charge in [-0.15, -0.1) is 0 Å². The first kappa shape index (κ1) is 22.7. The maximum atomic E-state index is 13.4. The third kappa shape index (κ3) is 7.38. The molecule has 3 rings (SSSR count). The van der Waals surface area contributed by atoms with E-state index in [0.29, 0.717) is 12.0 Å². The van der Waals surface area contributed by atoms with Gasteiger partial charge in [-0.05, 0) is 74.3 Å². The van der Waals surface area contributed by atoms with Crippen LogP contribution >= 0.6 is 0 Å². The maximum absolute atomic E-state index is 13.4. The summed E-state index contributed by atoms with van der Waals surface area (Å²) < 4.78 is 19.2. The molecular weight excluding hydrogens is 377 g/mol. The van der Waals surface area contributed by atoms with Crippen molar-refractivity contribution in [1.82, 2.24) is 15.5 Å². The standard InChI is InChI=1S/C25H36FN3O/c1-19(2)18-30-24-10-4-20(5-11-24)16-27-17-25(21-6-8-22(26)9-7-21)28-23-12-14-29(3)15-13-23/h4-11,19,23,25,27-28H,12-18H2,1-3H3. The number of hydrogen-bond donors (Lipinski definition) is 2. The Hall–Kier alpha value is -1.95. The van der Waals surface area contributed by atoms with Crippen molar-refractivity contribution in [2.75, 3.05) is 33.3 Å². The van der Waals surface area contributed by atoms with E-state index in [1.165, 1.54) is 5.56 Å². The molecule has 1 fully saturated rings. The van der Waals surface area contributed by atoms with Gasteiger partial charge in [0.05, 0.1) is 6.61 Å². The second-order valence-electron chi connectivity index (χ2n) is 8.83. The number of nitrogens with one attached hydrogen (secondary N) is 2. The van der Waals surface area contributed by atoms with Crippen LogP contribution in [0.3, 0.4) is 0 Å². The lowest BCUT2D eigenvalue weighted by molar-refractivity contribution is 0.223. The van der Waals surface area contributed by atoms with Crippen LogP contribution in [-0.2, 0) is 6.54 Å². The van der Waals surface area contributed by atoms with Gasteiger partial charge < -0.3 is 20.3 Å². The van der Waals surface area contributed by atoms with E-state index < -0.39 is 0 Å². The van der Waals surface area contributed by atoms with Gasteiger partial charge in [0.15, 0.2) is 0 Å². The molecule has 30 heavy (non-hydrogen) atoms. The Morgan fingerprint density at radius 2 is 1.70 bits per heavy atom. The Morgan fingerprint density at radius 1 is 1.03 bits per heavy atom. The molecule has 2 aromatic rings. The predicted molar refractivity (Wildman–Crippen MR) is 121 cm³/mol. The molecule has 0 aliphatic carbocycles. The summed E-state index contributed by atoms with van der Waals surface area (Å²) in [4.78, 5) is 2.37. The number of piperidine rings is 1. The summed E-state index contributed by atoms with van der Waals surface area (Å²) in [5, 5.41) is 7.38. The quantitative estimate of drug-likeness (QED) is 0.606. The van der Waals surface area contributed by atoms with Crippen LogP contribution in [0.2, 0.25) is 0 Å². The second-order valence-corrected chi connectivity index (χ2v) is 8.83. The van der Waals surface area contributed by atoms with Crippen molar-refractivity contribution in [3.63, 3.8) is 0 Å². The van der Waals surface area contributed by atoms with Gasteiger partial charge in [-0.3, -0.25) is 0 Å². The monoisotopic (exact) mass is 413 g/mol. The van der Waals surface area contributed by atoms with Gasteiger partial charge in [0.1, 0.15) is 11.6 Å². The van der Waals surface area contributed by atoms with E-state index in [1.807, 2.05) is 24.3 Å². The van der Waals surface area contributed by atoms with Gasteiger partial charge >= 0.3 is 0 Å². The first-order valence-electron chi connectivity index (χ1n) is 11.1. The largest absolute Gasteiger partial charge is 0.493 e.